The van der Waals surface area contributed by atoms with Gasteiger partial charge in [0.15, 0.2) is 0 Å². The Morgan fingerprint density at radius 1 is 1.13 bits per heavy atom. The van der Waals surface area contributed by atoms with E-state index in [0.29, 0.717) is 5.56 Å². The third kappa shape index (κ3) is 5.74. The number of benzene rings is 2. The van der Waals surface area contributed by atoms with E-state index in [4.69, 9.17) is 9.15 Å². The van der Waals surface area contributed by atoms with Gasteiger partial charge in [0, 0.05) is 12.1 Å². The lowest BCUT2D eigenvalue weighted by molar-refractivity contribution is -0.137. The second-order valence-electron chi connectivity index (χ2n) is 7.73. The van der Waals surface area contributed by atoms with Gasteiger partial charge >= 0.3 is 18.0 Å². The number of aromatic amines is 1. The van der Waals surface area contributed by atoms with Gasteiger partial charge in [0.25, 0.3) is 0 Å². The fourth-order valence-electron chi connectivity index (χ4n) is 2.85. The lowest BCUT2D eigenvalue weighted by atomic mass is 9.95. The fourth-order valence-corrected chi connectivity index (χ4v) is 2.85. The van der Waals surface area contributed by atoms with Gasteiger partial charge in [-0.3, -0.25) is 0 Å². The number of hydrogen-bond donors (Lipinski definition) is 2. The number of H-pyrrole nitrogens is 1. The largest absolute Gasteiger partial charge is 0.444 e. The summed E-state index contributed by atoms with van der Waals surface area (Å²) in [5, 5.41) is 8.25. The van der Waals surface area contributed by atoms with Gasteiger partial charge in [0.2, 0.25) is 5.89 Å². The van der Waals surface area contributed by atoms with E-state index in [9.17, 15) is 22.8 Å². The predicted octanol–water partition coefficient (Wildman–Crippen LogP) is 4.74. The average Bonchev–Trinajstić information content (AvgIpc) is 3.11. The monoisotopic (exact) mass is 435 g/mol. The van der Waals surface area contributed by atoms with Gasteiger partial charge in [-0.15, -0.1) is 5.10 Å². The molecule has 0 fully saturated rings. The van der Waals surface area contributed by atoms with Crippen LogP contribution >= 0.6 is 0 Å². The van der Waals surface area contributed by atoms with Gasteiger partial charge in [-0.2, -0.15) is 13.2 Å². The lowest BCUT2D eigenvalue weighted by Gasteiger charge is -2.20. The molecule has 1 heterocycles. The van der Waals surface area contributed by atoms with E-state index in [2.05, 4.69) is 15.5 Å². The smallest absolute Gasteiger partial charge is 0.434 e. The van der Waals surface area contributed by atoms with E-state index in [1.807, 2.05) is 0 Å². The molecule has 3 aromatic rings. The third-order valence-electron chi connectivity index (χ3n) is 4.08. The van der Waals surface area contributed by atoms with E-state index in [1.54, 1.807) is 26.8 Å². The van der Waals surface area contributed by atoms with Gasteiger partial charge < -0.3 is 14.5 Å². The lowest BCUT2D eigenvalue weighted by Crippen LogP contribution is -2.32. The quantitative estimate of drug-likeness (QED) is 0.617. The van der Waals surface area contributed by atoms with Gasteiger partial charge in [-0.1, -0.05) is 24.3 Å². The molecule has 2 aromatic carbocycles. The van der Waals surface area contributed by atoms with E-state index >= 15 is 0 Å². The number of ether oxygens (including phenoxy) is 1. The molecular formula is C21H20F3N3O4. The summed E-state index contributed by atoms with van der Waals surface area (Å²) < 4.78 is 51.3. The average molecular weight is 435 g/mol. The van der Waals surface area contributed by atoms with Crippen molar-refractivity contribution in [3.8, 4) is 22.6 Å². The molecule has 1 aromatic heterocycles. The number of carbonyl (C=O) groups excluding carboxylic acids is 1. The second kappa shape index (κ2) is 8.29. The van der Waals surface area contributed by atoms with Crippen LogP contribution in [0.4, 0.5) is 18.0 Å². The van der Waals surface area contributed by atoms with Crippen molar-refractivity contribution >= 4 is 6.09 Å². The molecule has 0 radical (unpaired) electrons. The van der Waals surface area contributed by atoms with Gasteiger partial charge in [0.05, 0.1) is 5.56 Å². The van der Waals surface area contributed by atoms with Crippen molar-refractivity contribution in [2.75, 3.05) is 0 Å². The maximum Gasteiger partial charge on any atom is 0.434 e. The highest BCUT2D eigenvalue weighted by Gasteiger charge is 2.34. The topological polar surface area (TPSA) is 97.2 Å². The number of rotatable bonds is 4. The summed E-state index contributed by atoms with van der Waals surface area (Å²) in [5.41, 5.74) is -0.771. The Kier molecular flexibility index (Phi) is 5.92. The van der Waals surface area contributed by atoms with Gasteiger partial charge in [0.1, 0.15) is 5.60 Å². The SMILES string of the molecule is CC(C)(C)OC(=O)NCc1ccc(-c2cccc(-c3n[nH]c(=O)o3)c2)c(C(F)(F)F)c1. The van der Waals surface area contributed by atoms with Crippen LogP contribution in [0.25, 0.3) is 22.6 Å². The number of halogens is 3. The molecule has 0 spiro atoms. The minimum Gasteiger partial charge on any atom is -0.444 e. The predicted molar refractivity (Wildman–Crippen MR) is 106 cm³/mol. The summed E-state index contributed by atoms with van der Waals surface area (Å²) in [7, 11) is 0. The summed E-state index contributed by atoms with van der Waals surface area (Å²) in [6, 6.07) is 9.86. The van der Waals surface area contributed by atoms with Crippen molar-refractivity contribution in [3.63, 3.8) is 0 Å². The standard InChI is InChI=1S/C21H20F3N3O4/c1-20(2,3)31-18(28)25-11-12-7-8-15(16(9-12)21(22,23)24)13-5-4-6-14(10-13)17-26-27-19(29)30-17/h4-10H,11H2,1-3H3,(H,25,28)(H,27,29). The summed E-state index contributed by atoms with van der Waals surface area (Å²) >= 11 is 0. The third-order valence-corrected chi connectivity index (χ3v) is 4.08. The maximum atomic E-state index is 13.8. The molecular weight excluding hydrogens is 415 g/mol. The number of nitrogens with one attached hydrogen (secondary N) is 2. The Morgan fingerprint density at radius 3 is 2.45 bits per heavy atom. The molecule has 0 saturated heterocycles. The van der Waals surface area contributed by atoms with E-state index < -0.39 is 29.2 Å². The van der Waals surface area contributed by atoms with Crippen LogP contribution in [0.2, 0.25) is 0 Å². The minimum absolute atomic E-state index is 0.0291. The summed E-state index contributed by atoms with van der Waals surface area (Å²) in [6.45, 7) is 4.93. The molecule has 3 rings (SSSR count). The van der Waals surface area contributed by atoms with Crippen molar-refractivity contribution in [2.24, 2.45) is 0 Å². The molecule has 0 bridgehead atoms. The van der Waals surface area contributed by atoms with Crippen molar-refractivity contribution < 1.29 is 27.1 Å². The number of amides is 1. The van der Waals surface area contributed by atoms with Crippen LogP contribution in [0.3, 0.4) is 0 Å². The van der Waals surface area contributed by atoms with Crippen LogP contribution in [0.15, 0.2) is 51.7 Å². The van der Waals surface area contributed by atoms with E-state index in [1.165, 1.54) is 30.3 Å². The Labute approximate surface area is 175 Å². The first-order valence-electron chi connectivity index (χ1n) is 9.26. The van der Waals surface area contributed by atoms with Crippen LogP contribution in [-0.2, 0) is 17.5 Å². The Balaban J connectivity index is 1.91. The van der Waals surface area contributed by atoms with Crippen molar-refractivity contribution in [1.29, 1.82) is 0 Å². The zero-order valence-electron chi connectivity index (χ0n) is 17.0. The summed E-state index contributed by atoms with van der Waals surface area (Å²) in [5.74, 6) is -0.795. The zero-order valence-corrected chi connectivity index (χ0v) is 17.0. The maximum absolute atomic E-state index is 13.8. The summed E-state index contributed by atoms with van der Waals surface area (Å²) in [4.78, 5) is 22.9. The first kappa shape index (κ1) is 22.1. The van der Waals surface area contributed by atoms with Crippen molar-refractivity contribution in [3.05, 3.63) is 64.1 Å². The highest BCUT2D eigenvalue weighted by Crippen LogP contribution is 2.38. The van der Waals surface area contributed by atoms with Crippen LogP contribution in [0.5, 0.6) is 0 Å². The Hall–Kier alpha value is -3.56. The molecule has 1 amide bonds. The minimum atomic E-state index is -4.63. The molecule has 7 nitrogen and oxygen atoms in total. The molecule has 0 saturated carbocycles. The highest BCUT2D eigenvalue weighted by molar-refractivity contribution is 5.73. The van der Waals surface area contributed by atoms with Crippen molar-refractivity contribution in [2.45, 2.75) is 39.1 Å². The number of alkyl carbamates (subject to hydrolysis) is 1. The van der Waals surface area contributed by atoms with E-state index in [-0.39, 0.29) is 29.1 Å². The highest BCUT2D eigenvalue weighted by atomic mass is 19.4. The van der Waals surface area contributed by atoms with Crippen molar-refractivity contribution in [1.82, 2.24) is 15.5 Å². The molecule has 0 unspecified atom stereocenters. The molecule has 0 aliphatic carbocycles. The number of carbonyl (C=O) groups is 1. The Bertz CT molecular complexity index is 1140. The van der Waals surface area contributed by atoms with Crippen LogP contribution < -0.4 is 11.1 Å². The molecule has 0 atom stereocenters. The fraction of sp³-hybridized carbons (Fsp3) is 0.286. The molecule has 164 valence electrons. The van der Waals surface area contributed by atoms with Crippen LogP contribution in [0.1, 0.15) is 31.9 Å². The van der Waals surface area contributed by atoms with Crippen LogP contribution in [0, 0.1) is 0 Å². The number of nitrogens with zero attached hydrogens (tertiary/aromatic N) is 1. The molecule has 10 heteroatoms. The number of alkyl halides is 3. The first-order valence-corrected chi connectivity index (χ1v) is 9.26. The van der Waals surface area contributed by atoms with E-state index in [0.717, 1.165) is 6.07 Å². The molecule has 2 N–H and O–H groups in total. The molecule has 31 heavy (non-hydrogen) atoms. The number of aromatic nitrogens is 2. The summed E-state index contributed by atoms with van der Waals surface area (Å²) in [6.07, 6.45) is -5.36. The van der Waals surface area contributed by atoms with Gasteiger partial charge in [-0.05, 0) is 55.7 Å². The van der Waals surface area contributed by atoms with Gasteiger partial charge in [-0.25, -0.2) is 14.7 Å². The zero-order chi connectivity index (χ0) is 22.8. The normalized spacial score (nSPS) is 11.9. The first-order chi connectivity index (χ1) is 14.4. The van der Waals surface area contributed by atoms with Crippen LogP contribution in [-0.4, -0.2) is 21.9 Å². The second-order valence-corrected chi connectivity index (χ2v) is 7.73. The molecule has 0 aliphatic rings. The molecule has 0 aliphatic heterocycles. The Morgan fingerprint density at radius 2 is 1.84 bits per heavy atom. The number of hydrogen-bond acceptors (Lipinski definition) is 5.